The van der Waals surface area contributed by atoms with Crippen molar-refractivity contribution in [3.8, 4) is 0 Å². The highest BCUT2D eigenvalue weighted by Gasteiger charge is 2.20. The summed E-state index contributed by atoms with van der Waals surface area (Å²) in [7, 11) is 0. The number of piperazine rings is 1. The van der Waals surface area contributed by atoms with Crippen LogP contribution < -0.4 is 5.73 Å². The number of aromatic nitrogens is 1. The molecule has 2 N–H and O–H groups in total. The van der Waals surface area contributed by atoms with E-state index in [4.69, 9.17) is 5.73 Å². The Morgan fingerprint density at radius 2 is 1.96 bits per heavy atom. The number of aryl methyl sites for hydroxylation is 1. The van der Waals surface area contributed by atoms with E-state index in [-0.39, 0.29) is 11.7 Å². The van der Waals surface area contributed by atoms with Crippen LogP contribution in [0.2, 0.25) is 0 Å². The van der Waals surface area contributed by atoms with Gasteiger partial charge in [0.25, 0.3) is 0 Å². The molecule has 25 heavy (non-hydrogen) atoms. The third-order valence-electron chi connectivity index (χ3n) is 4.25. The van der Waals surface area contributed by atoms with Crippen molar-refractivity contribution in [3.05, 3.63) is 52.3 Å². The molecule has 1 aliphatic rings. The summed E-state index contributed by atoms with van der Waals surface area (Å²) in [5.74, 6) is -0.292. The van der Waals surface area contributed by atoms with E-state index in [0.29, 0.717) is 18.2 Å². The number of rotatable bonds is 4. The molecule has 5 nitrogen and oxygen atoms in total. The number of benzene rings is 1. The minimum atomic E-state index is -0.280. The highest BCUT2D eigenvalue weighted by Crippen LogP contribution is 2.22. The van der Waals surface area contributed by atoms with Gasteiger partial charge in [-0.2, -0.15) is 0 Å². The van der Waals surface area contributed by atoms with Crippen LogP contribution in [0.4, 0.5) is 9.52 Å². The second-order valence-electron chi connectivity index (χ2n) is 6.05. The molecule has 1 aromatic heterocycles. The van der Waals surface area contributed by atoms with Crippen LogP contribution in [0.15, 0.2) is 30.3 Å². The van der Waals surface area contributed by atoms with Crippen molar-refractivity contribution in [1.82, 2.24) is 14.8 Å². The van der Waals surface area contributed by atoms with Gasteiger partial charge in [-0.1, -0.05) is 12.1 Å². The quantitative estimate of drug-likeness (QED) is 0.851. The summed E-state index contributed by atoms with van der Waals surface area (Å²) in [6, 6.07) is 6.08. The summed E-state index contributed by atoms with van der Waals surface area (Å²) in [5.41, 5.74) is 7.54. The van der Waals surface area contributed by atoms with Gasteiger partial charge in [-0.25, -0.2) is 9.37 Å². The summed E-state index contributed by atoms with van der Waals surface area (Å²) in [6.45, 7) is 5.84. The third-order valence-corrected chi connectivity index (χ3v) is 5.22. The Labute approximate surface area is 150 Å². The van der Waals surface area contributed by atoms with Crippen molar-refractivity contribution in [2.45, 2.75) is 13.5 Å². The molecule has 1 aromatic carbocycles. The number of anilines is 1. The van der Waals surface area contributed by atoms with Crippen LogP contribution in [0, 0.1) is 12.7 Å². The Balaban J connectivity index is 1.50. The molecule has 1 amide bonds. The van der Waals surface area contributed by atoms with Crippen molar-refractivity contribution >= 4 is 28.5 Å². The first-order valence-electron chi connectivity index (χ1n) is 8.18. The van der Waals surface area contributed by atoms with Gasteiger partial charge in [0, 0.05) is 43.7 Å². The molecule has 7 heteroatoms. The monoisotopic (exact) mass is 360 g/mol. The fourth-order valence-electron chi connectivity index (χ4n) is 2.77. The fraction of sp³-hybridized carbons (Fsp3) is 0.333. The van der Waals surface area contributed by atoms with Gasteiger partial charge in [0.15, 0.2) is 5.13 Å². The van der Waals surface area contributed by atoms with E-state index in [1.165, 1.54) is 28.3 Å². The largest absolute Gasteiger partial charge is 0.375 e. The molecular formula is C18H21FN4OS. The number of hydrogen-bond donors (Lipinski definition) is 1. The molecule has 2 heterocycles. The lowest BCUT2D eigenvalue weighted by atomic mass is 10.2. The first-order valence-corrected chi connectivity index (χ1v) is 8.99. The number of carbonyl (C=O) groups excluding carboxylic acids is 1. The van der Waals surface area contributed by atoms with Gasteiger partial charge in [-0.3, -0.25) is 9.69 Å². The number of carbonyl (C=O) groups is 1. The minimum absolute atomic E-state index is 0.0119. The second kappa shape index (κ2) is 7.76. The van der Waals surface area contributed by atoms with Crippen LogP contribution in [0.3, 0.4) is 0 Å². The zero-order chi connectivity index (χ0) is 17.8. The SMILES string of the molecule is Cc1nc(N)sc1CN1CCN(C(=O)/C=C/c2ccc(F)cc2)CC1. The average molecular weight is 360 g/mol. The average Bonchev–Trinajstić information content (AvgIpc) is 2.92. The van der Waals surface area contributed by atoms with E-state index in [1.54, 1.807) is 24.3 Å². The van der Waals surface area contributed by atoms with Crippen LogP contribution in [-0.4, -0.2) is 46.9 Å². The standard InChI is InChI=1S/C18H21FN4OS/c1-13-16(25-18(20)21-13)12-22-8-10-23(11-9-22)17(24)7-4-14-2-5-15(19)6-3-14/h2-7H,8-12H2,1H3,(H2,20,21)/b7-4+. The zero-order valence-electron chi connectivity index (χ0n) is 14.1. The Hall–Kier alpha value is -2.25. The third kappa shape index (κ3) is 4.64. The van der Waals surface area contributed by atoms with Crippen LogP contribution in [0.25, 0.3) is 6.08 Å². The molecule has 0 atom stereocenters. The van der Waals surface area contributed by atoms with Crippen molar-refractivity contribution in [2.75, 3.05) is 31.9 Å². The van der Waals surface area contributed by atoms with Gasteiger partial charge in [0.05, 0.1) is 5.69 Å². The number of thiazole rings is 1. The molecule has 0 unspecified atom stereocenters. The molecule has 0 bridgehead atoms. The van der Waals surface area contributed by atoms with Crippen molar-refractivity contribution in [1.29, 1.82) is 0 Å². The number of nitrogen functional groups attached to an aromatic ring is 1. The Bertz CT molecular complexity index is 764. The Kier molecular flexibility index (Phi) is 5.45. The number of amides is 1. The molecule has 0 saturated carbocycles. The second-order valence-corrected chi connectivity index (χ2v) is 7.16. The van der Waals surface area contributed by atoms with E-state index < -0.39 is 0 Å². The van der Waals surface area contributed by atoms with Gasteiger partial charge in [0.1, 0.15) is 5.82 Å². The predicted octanol–water partition coefficient (Wildman–Crippen LogP) is 2.53. The highest BCUT2D eigenvalue weighted by atomic mass is 32.1. The lowest BCUT2D eigenvalue weighted by Crippen LogP contribution is -2.47. The van der Waals surface area contributed by atoms with Crippen molar-refractivity contribution in [3.63, 3.8) is 0 Å². The summed E-state index contributed by atoms with van der Waals surface area (Å²) in [4.78, 5) is 21.9. The van der Waals surface area contributed by atoms with Gasteiger partial charge < -0.3 is 10.6 Å². The normalized spacial score (nSPS) is 15.8. The van der Waals surface area contributed by atoms with Crippen molar-refractivity contribution in [2.24, 2.45) is 0 Å². The van der Waals surface area contributed by atoms with E-state index in [0.717, 1.165) is 30.9 Å². The number of hydrogen-bond acceptors (Lipinski definition) is 5. The van der Waals surface area contributed by atoms with E-state index in [1.807, 2.05) is 11.8 Å². The Morgan fingerprint density at radius 3 is 2.56 bits per heavy atom. The zero-order valence-corrected chi connectivity index (χ0v) is 14.9. The smallest absolute Gasteiger partial charge is 0.246 e. The van der Waals surface area contributed by atoms with E-state index >= 15 is 0 Å². The highest BCUT2D eigenvalue weighted by molar-refractivity contribution is 7.15. The van der Waals surface area contributed by atoms with E-state index in [2.05, 4.69) is 9.88 Å². The summed E-state index contributed by atoms with van der Waals surface area (Å²) in [5, 5.41) is 0.604. The topological polar surface area (TPSA) is 62.5 Å². The first kappa shape index (κ1) is 17.6. The maximum Gasteiger partial charge on any atom is 0.246 e. The molecule has 1 aliphatic heterocycles. The molecule has 132 valence electrons. The van der Waals surface area contributed by atoms with Crippen LogP contribution in [-0.2, 0) is 11.3 Å². The van der Waals surface area contributed by atoms with Gasteiger partial charge >= 0.3 is 0 Å². The molecule has 3 rings (SSSR count). The summed E-state index contributed by atoms with van der Waals surface area (Å²) >= 11 is 1.53. The lowest BCUT2D eigenvalue weighted by molar-refractivity contribution is -0.127. The van der Waals surface area contributed by atoms with Gasteiger partial charge in [-0.15, -0.1) is 11.3 Å². The van der Waals surface area contributed by atoms with E-state index in [9.17, 15) is 9.18 Å². The Morgan fingerprint density at radius 1 is 1.28 bits per heavy atom. The minimum Gasteiger partial charge on any atom is -0.375 e. The first-order chi connectivity index (χ1) is 12.0. The molecule has 1 fully saturated rings. The van der Waals surface area contributed by atoms with Gasteiger partial charge in [-0.05, 0) is 30.7 Å². The number of nitrogens with zero attached hydrogens (tertiary/aromatic N) is 3. The maximum absolute atomic E-state index is 12.9. The summed E-state index contributed by atoms with van der Waals surface area (Å²) in [6.07, 6.45) is 3.27. The lowest BCUT2D eigenvalue weighted by Gasteiger charge is -2.34. The molecule has 0 aliphatic carbocycles. The molecule has 0 spiro atoms. The molecule has 0 radical (unpaired) electrons. The summed E-state index contributed by atoms with van der Waals surface area (Å²) < 4.78 is 12.9. The molecular weight excluding hydrogens is 339 g/mol. The molecule has 1 saturated heterocycles. The van der Waals surface area contributed by atoms with Crippen molar-refractivity contribution < 1.29 is 9.18 Å². The van der Waals surface area contributed by atoms with Gasteiger partial charge in [0.2, 0.25) is 5.91 Å². The fourth-order valence-corrected chi connectivity index (χ4v) is 3.65. The predicted molar refractivity (Wildman–Crippen MR) is 98.6 cm³/mol. The molecule has 2 aromatic rings. The number of halogens is 1. The number of nitrogens with two attached hydrogens (primary N) is 1. The van der Waals surface area contributed by atoms with Crippen LogP contribution >= 0.6 is 11.3 Å². The maximum atomic E-state index is 12.9. The van der Waals surface area contributed by atoms with Crippen LogP contribution in [0.5, 0.6) is 0 Å². The van der Waals surface area contributed by atoms with Crippen LogP contribution in [0.1, 0.15) is 16.1 Å².